The lowest BCUT2D eigenvalue weighted by atomic mass is 10.3. The summed E-state index contributed by atoms with van der Waals surface area (Å²) in [5, 5.41) is 0. The zero-order chi connectivity index (χ0) is 10.1. The molecule has 0 amide bonds. The van der Waals surface area contributed by atoms with Crippen LogP contribution in [0.3, 0.4) is 0 Å². The van der Waals surface area contributed by atoms with Gasteiger partial charge in [0, 0.05) is 12.8 Å². The molecule has 1 heteroatoms. The van der Waals surface area contributed by atoms with Crippen LogP contribution in [0.5, 0.6) is 0 Å². The third-order valence-corrected chi connectivity index (χ3v) is 1.60. The van der Waals surface area contributed by atoms with Gasteiger partial charge in [0.1, 0.15) is 11.5 Å². The molecule has 0 fully saturated rings. The summed E-state index contributed by atoms with van der Waals surface area (Å²) >= 11 is 0. The first-order valence-corrected chi connectivity index (χ1v) is 4.48. The molecule has 0 atom stereocenters. The third kappa shape index (κ3) is 5.07. The van der Waals surface area contributed by atoms with E-state index in [0.717, 1.165) is 24.4 Å². The van der Waals surface area contributed by atoms with E-state index in [4.69, 9.17) is 4.74 Å². The first-order valence-electron chi connectivity index (χ1n) is 4.48. The molecule has 72 valence electrons. The number of hydrogen-bond donors (Lipinski definition) is 0. The van der Waals surface area contributed by atoms with E-state index in [0.29, 0.717) is 0 Å². The Labute approximate surface area is 81.1 Å². The molecule has 0 N–H and O–H groups in total. The lowest BCUT2D eigenvalue weighted by molar-refractivity contribution is 0.290. The average molecular weight is 178 g/mol. The molecule has 0 saturated carbocycles. The van der Waals surface area contributed by atoms with Gasteiger partial charge in [-0.15, -0.1) is 13.2 Å². The van der Waals surface area contributed by atoms with Gasteiger partial charge in [-0.1, -0.05) is 12.2 Å². The van der Waals surface area contributed by atoms with Crippen LogP contribution in [0.4, 0.5) is 0 Å². The Hall–Kier alpha value is -1.24. The fourth-order valence-electron chi connectivity index (χ4n) is 0.890. The fraction of sp³-hybridized carbons (Fsp3) is 0.333. The molecule has 0 spiro atoms. The van der Waals surface area contributed by atoms with Gasteiger partial charge in [0.05, 0.1) is 0 Å². The van der Waals surface area contributed by atoms with Gasteiger partial charge in [-0.05, 0) is 26.0 Å². The van der Waals surface area contributed by atoms with Crippen molar-refractivity contribution in [3.63, 3.8) is 0 Å². The Morgan fingerprint density at radius 3 is 1.62 bits per heavy atom. The van der Waals surface area contributed by atoms with Crippen LogP contribution in [-0.2, 0) is 4.74 Å². The third-order valence-electron chi connectivity index (χ3n) is 1.60. The van der Waals surface area contributed by atoms with Crippen LogP contribution in [0.15, 0.2) is 49.0 Å². The summed E-state index contributed by atoms with van der Waals surface area (Å²) in [5.74, 6) is 1.87. The Morgan fingerprint density at radius 1 is 1.00 bits per heavy atom. The van der Waals surface area contributed by atoms with E-state index in [1.165, 1.54) is 0 Å². The molecule has 0 saturated heterocycles. The molecule has 0 aromatic carbocycles. The standard InChI is InChI=1S/C12H18O/c1-5-9-11(7-3)13-12(8-4)10-6-2/h5-8H,1-2,9-10H2,3-4H3/b11-7-,12-8-. The lowest BCUT2D eigenvalue weighted by Crippen LogP contribution is -1.91. The van der Waals surface area contributed by atoms with Crippen molar-refractivity contribution in [2.45, 2.75) is 26.7 Å². The topological polar surface area (TPSA) is 9.23 Å². The van der Waals surface area contributed by atoms with Crippen molar-refractivity contribution in [1.82, 2.24) is 0 Å². The van der Waals surface area contributed by atoms with Crippen LogP contribution in [0, 0.1) is 0 Å². The van der Waals surface area contributed by atoms with Crippen molar-refractivity contribution in [2.24, 2.45) is 0 Å². The summed E-state index contributed by atoms with van der Waals surface area (Å²) in [6.07, 6.45) is 9.10. The van der Waals surface area contributed by atoms with Crippen molar-refractivity contribution < 1.29 is 4.74 Å². The van der Waals surface area contributed by atoms with Gasteiger partial charge in [0.15, 0.2) is 0 Å². The van der Waals surface area contributed by atoms with Gasteiger partial charge in [-0.3, -0.25) is 0 Å². The maximum atomic E-state index is 5.61. The Kier molecular flexibility index (Phi) is 6.70. The van der Waals surface area contributed by atoms with Crippen molar-refractivity contribution in [1.29, 1.82) is 0 Å². The summed E-state index contributed by atoms with van der Waals surface area (Å²) < 4.78 is 5.61. The van der Waals surface area contributed by atoms with Gasteiger partial charge in [0.25, 0.3) is 0 Å². The molecule has 0 aliphatic rings. The Morgan fingerprint density at radius 2 is 1.38 bits per heavy atom. The number of hydrogen-bond acceptors (Lipinski definition) is 1. The molecule has 0 aliphatic heterocycles. The molecule has 0 radical (unpaired) electrons. The molecule has 13 heavy (non-hydrogen) atoms. The molecule has 0 aromatic rings. The van der Waals surface area contributed by atoms with E-state index in [9.17, 15) is 0 Å². The average Bonchev–Trinajstić information content (AvgIpc) is 2.16. The van der Waals surface area contributed by atoms with Crippen LogP contribution >= 0.6 is 0 Å². The SMILES string of the molecule is C=CC/C(=C/C)O/C(=C\C)CC=C. The predicted molar refractivity (Wildman–Crippen MR) is 58.2 cm³/mol. The molecular formula is C12H18O. The minimum atomic E-state index is 0.769. The van der Waals surface area contributed by atoms with Crippen LogP contribution in [-0.4, -0.2) is 0 Å². The van der Waals surface area contributed by atoms with Gasteiger partial charge in [-0.25, -0.2) is 0 Å². The normalized spacial score (nSPS) is 12.5. The largest absolute Gasteiger partial charge is 0.466 e. The van der Waals surface area contributed by atoms with Crippen molar-refractivity contribution >= 4 is 0 Å². The molecule has 0 heterocycles. The Balaban J connectivity index is 4.20. The Bertz CT molecular complexity index is 197. The number of allylic oxidation sites excluding steroid dienone is 4. The molecular weight excluding hydrogens is 160 g/mol. The maximum absolute atomic E-state index is 5.61. The van der Waals surface area contributed by atoms with Crippen molar-refractivity contribution in [3.8, 4) is 0 Å². The van der Waals surface area contributed by atoms with E-state index >= 15 is 0 Å². The minimum Gasteiger partial charge on any atom is -0.466 e. The summed E-state index contributed by atoms with van der Waals surface area (Å²) in [7, 11) is 0. The van der Waals surface area contributed by atoms with Crippen molar-refractivity contribution in [3.05, 3.63) is 49.0 Å². The van der Waals surface area contributed by atoms with E-state index < -0.39 is 0 Å². The van der Waals surface area contributed by atoms with Crippen LogP contribution < -0.4 is 0 Å². The highest BCUT2D eigenvalue weighted by Crippen LogP contribution is 2.13. The van der Waals surface area contributed by atoms with E-state index in [2.05, 4.69) is 13.2 Å². The van der Waals surface area contributed by atoms with Gasteiger partial charge in [-0.2, -0.15) is 0 Å². The second-order valence-corrected chi connectivity index (χ2v) is 2.60. The summed E-state index contributed by atoms with van der Waals surface area (Å²) in [6.45, 7) is 11.3. The predicted octanol–water partition coefficient (Wildman–Crippen LogP) is 3.96. The molecule has 0 aliphatic carbocycles. The van der Waals surface area contributed by atoms with Crippen LogP contribution in [0.1, 0.15) is 26.7 Å². The maximum Gasteiger partial charge on any atom is 0.103 e. The fourth-order valence-corrected chi connectivity index (χ4v) is 0.890. The van der Waals surface area contributed by atoms with Gasteiger partial charge < -0.3 is 4.74 Å². The van der Waals surface area contributed by atoms with Gasteiger partial charge >= 0.3 is 0 Å². The van der Waals surface area contributed by atoms with E-state index in [-0.39, 0.29) is 0 Å². The number of ether oxygens (including phenoxy) is 1. The van der Waals surface area contributed by atoms with Gasteiger partial charge in [0.2, 0.25) is 0 Å². The second-order valence-electron chi connectivity index (χ2n) is 2.60. The summed E-state index contributed by atoms with van der Waals surface area (Å²) in [6, 6.07) is 0. The molecule has 0 unspecified atom stereocenters. The highest BCUT2D eigenvalue weighted by atomic mass is 16.5. The van der Waals surface area contributed by atoms with Crippen LogP contribution in [0.2, 0.25) is 0 Å². The van der Waals surface area contributed by atoms with E-state index in [1.807, 2.05) is 38.2 Å². The molecule has 1 nitrogen and oxygen atoms in total. The lowest BCUT2D eigenvalue weighted by Gasteiger charge is -2.09. The quantitative estimate of drug-likeness (QED) is 0.442. The highest BCUT2D eigenvalue weighted by molar-refractivity contribution is 5.05. The number of rotatable bonds is 6. The molecule has 0 rings (SSSR count). The first-order chi connectivity index (χ1) is 6.28. The zero-order valence-corrected chi connectivity index (χ0v) is 8.55. The monoisotopic (exact) mass is 178 g/mol. The minimum absolute atomic E-state index is 0.769. The first kappa shape index (κ1) is 11.8. The van der Waals surface area contributed by atoms with E-state index in [1.54, 1.807) is 0 Å². The summed E-state index contributed by atoms with van der Waals surface area (Å²) in [4.78, 5) is 0. The van der Waals surface area contributed by atoms with Crippen molar-refractivity contribution in [2.75, 3.05) is 0 Å². The van der Waals surface area contributed by atoms with Crippen LogP contribution in [0.25, 0.3) is 0 Å². The highest BCUT2D eigenvalue weighted by Gasteiger charge is 1.98. The summed E-state index contributed by atoms with van der Waals surface area (Å²) in [5.41, 5.74) is 0. The molecule has 0 aromatic heterocycles. The smallest absolute Gasteiger partial charge is 0.103 e. The second kappa shape index (κ2) is 7.41. The zero-order valence-electron chi connectivity index (χ0n) is 8.55. The molecule has 0 bridgehead atoms.